The third kappa shape index (κ3) is 3.34. The molecule has 0 atom stereocenters. The van der Waals surface area contributed by atoms with Gasteiger partial charge in [-0.05, 0) is 43.7 Å². The highest BCUT2D eigenvalue weighted by Gasteiger charge is 2.26. The smallest absolute Gasteiger partial charge is 0.307 e. The fourth-order valence-corrected chi connectivity index (χ4v) is 2.27. The standard InChI is InChI=1S/C18H20N2O2/c1-4-20(16-12-8-9-14(2)13-16)18(22)17(21)19(3)15-10-6-5-7-11-15/h5-13H,4H2,1-3H3. The second kappa shape index (κ2) is 6.89. The van der Waals surface area contributed by atoms with Gasteiger partial charge in [0.1, 0.15) is 0 Å². The largest absolute Gasteiger partial charge is 0.316 e. The molecule has 0 spiro atoms. The number of benzene rings is 2. The Morgan fingerprint density at radius 1 is 0.909 bits per heavy atom. The predicted octanol–water partition coefficient (Wildman–Crippen LogP) is 3.01. The zero-order valence-electron chi connectivity index (χ0n) is 13.1. The van der Waals surface area contributed by atoms with Crippen molar-refractivity contribution in [1.29, 1.82) is 0 Å². The van der Waals surface area contributed by atoms with Crippen LogP contribution in [-0.2, 0) is 9.59 Å². The minimum absolute atomic E-state index is 0.441. The van der Waals surface area contributed by atoms with Crippen molar-refractivity contribution in [1.82, 2.24) is 0 Å². The topological polar surface area (TPSA) is 40.6 Å². The highest BCUT2D eigenvalue weighted by Crippen LogP contribution is 2.18. The maximum absolute atomic E-state index is 12.5. The molecule has 0 aliphatic rings. The molecule has 0 N–H and O–H groups in total. The first-order valence-corrected chi connectivity index (χ1v) is 7.26. The van der Waals surface area contributed by atoms with Crippen LogP contribution in [0.1, 0.15) is 12.5 Å². The molecule has 0 aromatic heterocycles. The van der Waals surface area contributed by atoms with Crippen LogP contribution in [0.15, 0.2) is 54.6 Å². The summed E-state index contributed by atoms with van der Waals surface area (Å²) >= 11 is 0. The molecule has 22 heavy (non-hydrogen) atoms. The maximum atomic E-state index is 12.5. The lowest BCUT2D eigenvalue weighted by Gasteiger charge is -2.24. The monoisotopic (exact) mass is 296 g/mol. The Morgan fingerprint density at radius 2 is 1.55 bits per heavy atom. The highest BCUT2D eigenvalue weighted by molar-refractivity contribution is 6.44. The predicted molar refractivity (Wildman–Crippen MR) is 89.1 cm³/mol. The molecular weight excluding hydrogens is 276 g/mol. The molecule has 0 aliphatic carbocycles. The van der Waals surface area contributed by atoms with Crippen LogP contribution in [0.25, 0.3) is 0 Å². The summed E-state index contributed by atoms with van der Waals surface area (Å²) in [5, 5.41) is 0. The zero-order chi connectivity index (χ0) is 16.1. The lowest BCUT2D eigenvalue weighted by atomic mass is 10.2. The Hall–Kier alpha value is -2.62. The number of para-hydroxylation sites is 1. The number of anilines is 2. The fraction of sp³-hybridized carbons (Fsp3) is 0.222. The van der Waals surface area contributed by atoms with E-state index in [9.17, 15) is 9.59 Å². The molecule has 2 aromatic rings. The summed E-state index contributed by atoms with van der Waals surface area (Å²) in [6.07, 6.45) is 0. The van der Waals surface area contributed by atoms with Crippen molar-refractivity contribution in [3.63, 3.8) is 0 Å². The average Bonchev–Trinajstić information content (AvgIpc) is 2.55. The Balaban J connectivity index is 2.23. The van der Waals surface area contributed by atoms with Gasteiger partial charge in [0.2, 0.25) is 0 Å². The summed E-state index contributed by atoms with van der Waals surface area (Å²) < 4.78 is 0. The van der Waals surface area contributed by atoms with Crippen molar-refractivity contribution >= 4 is 23.2 Å². The van der Waals surface area contributed by atoms with Crippen molar-refractivity contribution in [2.75, 3.05) is 23.4 Å². The van der Waals surface area contributed by atoms with E-state index in [1.165, 1.54) is 9.80 Å². The fourth-order valence-electron chi connectivity index (χ4n) is 2.27. The van der Waals surface area contributed by atoms with E-state index in [1.807, 2.05) is 56.3 Å². The van der Waals surface area contributed by atoms with Crippen LogP contribution in [0.2, 0.25) is 0 Å². The van der Waals surface area contributed by atoms with Crippen LogP contribution in [0.5, 0.6) is 0 Å². The summed E-state index contributed by atoms with van der Waals surface area (Å²) in [5.74, 6) is -1.07. The molecule has 0 radical (unpaired) electrons. The third-order valence-corrected chi connectivity index (χ3v) is 3.51. The number of aryl methyl sites for hydroxylation is 1. The van der Waals surface area contributed by atoms with Crippen molar-refractivity contribution in [2.45, 2.75) is 13.8 Å². The van der Waals surface area contributed by atoms with Gasteiger partial charge >= 0.3 is 11.8 Å². The van der Waals surface area contributed by atoms with Gasteiger partial charge in [0.15, 0.2) is 0 Å². The molecule has 114 valence electrons. The average molecular weight is 296 g/mol. The van der Waals surface area contributed by atoms with Gasteiger partial charge in [0, 0.05) is 25.0 Å². The molecular formula is C18H20N2O2. The maximum Gasteiger partial charge on any atom is 0.316 e. The van der Waals surface area contributed by atoms with E-state index in [2.05, 4.69) is 0 Å². The summed E-state index contributed by atoms with van der Waals surface area (Å²) in [4.78, 5) is 27.8. The summed E-state index contributed by atoms with van der Waals surface area (Å²) in [5.41, 5.74) is 2.48. The molecule has 2 aromatic carbocycles. The van der Waals surface area contributed by atoms with E-state index in [-0.39, 0.29) is 0 Å². The van der Waals surface area contributed by atoms with E-state index in [1.54, 1.807) is 19.2 Å². The van der Waals surface area contributed by atoms with Gasteiger partial charge in [-0.3, -0.25) is 9.59 Å². The van der Waals surface area contributed by atoms with Gasteiger partial charge in [0.25, 0.3) is 0 Å². The summed E-state index contributed by atoms with van der Waals surface area (Å²) in [6.45, 7) is 4.26. The lowest BCUT2D eigenvalue weighted by molar-refractivity contribution is -0.135. The molecule has 2 amide bonds. The first kappa shape index (κ1) is 15.8. The van der Waals surface area contributed by atoms with Gasteiger partial charge in [-0.25, -0.2) is 0 Å². The molecule has 0 saturated carbocycles. The van der Waals surface area contributed by atoms with Crippen LogP contribution >= 0.6 is 0 Å². The summed E-state index contributed by atoms with van der Waals surface area (Å²) in [7, 11) is 1.61. The number of hydrogen-bond acceptors (Lipinski definition) is 2. The van der Waals surface area contributed by atoms with Crippen LogP contribution < -0.4 is 9.80 Å². The lowest BCUT2D eigenvalue weighted by Crippen LogP contribution is -2.44. The van der Waals surface area contributed by atoms with E-state index in [0.717, 1.165) is 11.3 Å². The number of carbonyl (C=O) groups excluding carboxylic acids is 2. The van der Waals surface area contributed by atoms with E-state index in [4.69, 9.17) is 0 Å². The van der Waals surface area contributed by atoms with E-state index < -0.39 is 11.8 Å². The molecule has 4 nitrogen and oxygen atoms in total. The van der Waals surface area contributed by atoms with Gasteiger partial charge in [-0.2, -0.15) is 0 Å². The van der Waals surface area contributed by atoms with E-state index in [0.29, 0.717) is 12.2 Å². The number of hydrogen-bond donors (Lipinski definition) is 0. The molecule has 4 heteroatoms. The molecule has 0 bridgehead atoms. The number of rotatable bonds is 3. The van der Waals surface area contributed by atoms with Crippen LogP contribution in [0.3, 0.4) is 0 Å². The van der Waals surface area contributed by atoms with Gasteiger partial charge in [-0.1, -0.05) is 30.3 Å². The van der Waals surface area contributed by atoms with Crippen molar-refractivity contribution in [3.8, 4) is 0 Å². The first-order chi connectivity index (χ1) is 10.5. The molecule has 0 fully saturated rings. The SMILES string of the molecule is CCN(C(=O)C(=O)N(C)c1ccccc1)c1cccc(C)c1. The molecule has 0 aliphatic heterocycles. The Morgan fingerprint density at radius 3 is 2.14 bits per heavy atom. The van der Waals surface area contributed by atoms with Gasteiger partial charge in [0.05, 0.1) is 0 Å². The van der Waals surface area contributed by atoms with Crippen LogP contribution in [0, 0.1) is 6.92 Å². The number of amides is 2. The highest BCUT2D eigenvalue weighted by atomic mass is 16.2. The van der Waals surface area contributed by atoms with Crippen LogP contribution in [-0.4, -0.2) is 25.4 Å². The quantitative estimate of drug-likeness (QED) is 0.817. The minimum Gasteiger partial charge on any atom is -0.307 e. The number of carbonyl (C=O) groups is 2. The minimum atomic E-state index is -0.547. The molecule has 0 unspecified atom stereocenters. The van der Waals surface area contributed by atoms with E-state index >= 15 is 0 Å². The van der Waals surface area contributed by atoms with Crippen molar-refractivity contribution in [3.05, 3.63) is 60.2 Å². The van der Waals surface area contributed by atoms with Crippen molar-refractivity contribution in [2.24, 2.45) is 0 Å². The second-order valence-corrected chi connectivity index (χ2v) is 5.09. The molecule has 2 rings (SSSR count). The Labute approximate surface area is 131 Å². The molecule has 0 heterocycles. The van der Waals surface area contributed by atoms with Gasteiger partial charge in [-0.15, -0.1) is 0 Å². The number of likely N-dealkylation sites (N-methyl/N-ethyl adjacent to an activating group) is 2. The van der Waals surface area contributed by atoms with Crippen molar-refractivity contribution < 1.29 is 9.59 Å². The Bertz CT molecular complexity index is 668. The normalized spacial score (nSPS) is 10.1. The van der Waals surface area contributed by atoms with Crippen LogP contribution in [0.4, 0.5) is 11.4 Å². The first-order valence-electron chi connectivity index (χ1n) is 7.26. The summed E-state index contributed by atoms with van der Waals surface area (Å²) in [6, 6.07) is 16.7. The number of nitrogens with zero attached hydrogens (tertiary/aromatic N) is 2. The zero-order valence-corrected chi connectivity index (χ0v) is 13.1. The Kier molecular flexibility index (Phi) is 4.94. The third-order valence-electron chi connectivity index (χ3n) is 3.51. The second-order valence-electron chi connectivity index (χ2n) is 5.09. The molecule has 0 saturated heterocycles. The van der Waals surface area contributed by atoms with Gasteiger partial charge < -0.3 is 9.80 Å².